The smallest absolute Gasteiger partial charge is 0.408 e. The number of anilines is 2. The summed E-state index contributed by atoms with van der Waals surface area (Å²) in [7, 11) is 5.04. The maximum atomic E-state index is 14.7. The van der Waals surface area contributed by atoms with E-state index in [9.17, 15) is 22.0 Å². The molecule has 1 atom stereocenters. The summed E-state index contributed by atoms with van der Waals surface area (Å²) in [6.45, 7) is 1.81. The van der Waals surface area contributed by atoms with Crippen LogP contribution in [-0.2, 0) is 6.42 Å². The van der Waals surface area contributed by atoms with Gasteiger partial charge < -0.3 is 15.0 Å². The number of aromatic nitrogens is 2. The average Bonchev–Trinajstić information content (AvgIpc) is 2.73. The Labute approximate surface area is 199 Å². The summed E-state index contributed by atoms with van der Waals surface area (Å²) in [6, 6.07) is -0.0804. The Bertz CT molecular complexity index is 1020. The average molecular weight is 507 g/mol. The summed E-state index contributed by atoms with van der Waals surface area (Å²) in [4.78, 5) is 10.6. The van der Waals surface area contributed by atoms with Gasteiger partial charge in [0, 0.05) is 43.3 Å². The zero-order valence-corrected chi connectivity index (χ0v) is 19.7. The quantitative estimate of drug-likeness (QED) is 0.166. The highest BCUT2D eigenvalue weighted by Crippen LogP contribution is 2.32. The van der Waals surface area contributed by atoms with Crippen molar-refractivity contribution in [3.63, 3.8) is 0 Å². The predicted molar refractivity (Wildman–Crippen MR) is 118 cm³/mol. The molecule has 0 spiro atoms. The minimum absolute atomic E-state index is 0.0186. The fourth-order valence-electron chi connectivity index (χ4n) is 2.78. The van der Waals surface area contributed by atoms with Crippen molar-refractivity contribution in [1.29, 1.82) is 5.26 Å². The van der Waals surface area contributed by atoms with Crippen LogP contribution in [0.2, 0.25) is 5.15 Å². The Morgan fingerprint density at radius 2 is 1.76 bits per heavy atom. The minimum Gasteiger partial charge on any atom is -0.493 e. The van der Waals surface area contributed by atoms with Crippen LogP contribution in [0, 0.1) is 23.1 Å². The van der Waals surface area contributed by atoms with Crippen molar-refractivity contribution in [2.24, 2.45) is 0 Å². The van der Waals surface area contributed by atoms with E-state index in [0.29, 0.717) is 6.42 Å². The van der Waals surface area contributed by atoms with Crippen LogP contribution in [0.4, 0.5) is 33.7 Å². The summed E-state index contributed by atoms with van der Waals surface area (Å²) < 4.78 is 74.3. The summed E-state index contributed by atoms with van der Waals surface area (Å²) in [5.41, 5.74) is -0.611. The van der Waals surface area contributed by atoms with Gasteiger partial charge in [0.1, 0.15) is 34.4 Å². The molecule has 186 valence electrons. The maximum absolute atomic E-state index is 14.7. The molecule has 34 heavy (non-hydrogen) atoms. The second-order valence-corrected chi connectivity index (χ2v) is 8.11. The molecule has 0 saturated heterocycles. The Balaban J connectivity index is 2.38. The van der Waals surface area contributed by atoms with E-state index < -0.39 is 41.7 Å². The van der Waals surface area contributed by atoms with Crippen LogP contribution < -0.4 is 15.0 Å². The Kier molecular flexibility index (Phi) is 9.23. The predicted octanol–water partition coefficient (Wildman–Crippen LogP) is 4.61. The van der Waals surface area contributed by atoms with E-state index in [1.54, 1.807) is 6.19 Å². The normalized spacial score (nSPS) is 12.4. The van der Waals surface area contributed by atoms with E-state index in [-0.39, 0.29) is 29.0 Å². The van der Waals surface area contributed by atoms with Gasteiger partial charge >= 0.3 is 6.18 Å². The molecular weight excluding hydrogens is 483 g/mol. The number of nitrogens with zero attached hydrogens (tertiary/aromatic N) is 5. The van der Waals surface area contributed by atoms with Gasteiger partial charge in [-0.1, -0.05) is 11.6 Å². The highest BCUT2D eigenvalue weighted by Gasteiger charge is 2.37. The van der Waals surface area contributed by atoms with Crippen molar-refractivity contribution in [1.82, 2.24) is 14.9 Å². The van der Waals surface area contributed by atoms with Gasteiger partial charge in [-0.05, 0) is 27.4 Å². The van der Waals surface area contributed by atoms with Gasteiger partial charge in [0.05, 0.1) is 6.61 Å². The first-order chi connectivity index (χ1) is 15.8. The number of rotatable bonds is 10. The lowest BCUT2D eigenvalue weighted by Gasteiger charge is -2.21. The Morgan fingerprint density at radius 3 is 2.29 bits per heavy atom. The third-order valence-electron chi connectivity index (χ3n) is 4.73. The number of hydrogen-bond donors (Lipinski definition) is 1. The molecule has 1 heterocycles. The fourth-order valence-corrected chi connectivity index (χ4v) is 3.01. The molecular formula is C21H24ClF5N6O. The molecule has 13 heteroatoms. The van der Waals surface area contributed by atoms with E-state index >= 15 is 0 Å². The van der Waals surface area contributed by atoms with Gasteiger partial charge in [-0.25, -0.2) is 8.78 Å². The molecule has 0 fully saturated rings. The second kappa shape index (κ2) is 11.5. The van der Waals surface area contributed by atoms with Gasteiger partial charge in [0.2, 0.25) is 5.95 Å². The monoisotopic (exact) mass is 506 g/mol. The van der Waals surface area contributed by atoms with Crippen LogP contribution in [0.5, 0.6) is 5.75 Å². The summed E-state index contributed by atoms with van der Waals surface area (Å²) in [5.74, 6) is -2.63. The molecule has 0 unspecified atom stereocenters. The van der Waals surface area contributed by atoms with Gasteiger partial charge in [0.25, 0.3) is 0 Å². The first-order valence-corrected chi connectivity index (χ1v) is 10.5. The van der Waals surface area contributed by atoms with Gasteiger partial charge in [-0.3, -0.25) is 4.90 Å². The second-order valence-electron chi connectivity index (χ2n) is 7.76. The maximum Gasteiger partial charge on any atom is 0.408 e. The number of halogens is 6. The van der Waals surface area contributed by atoms with Crippen LogP contribution >= 0.6 is 11.6 Å². The standard InChI is InChI=1S/C21H24ClF5N6O/c1-12(21(25,26)27)29-19-15(18(22)30-20(31-19)33(4)11-28)10-14-16(23)8-13(9-17(14)24)34-7-5-6-32(2)3/h8-9,12H,5-7,10H2,1-4H3,(H,29,30,31)/t12-/m0/s1. The number of benzene rings is 1. The van der Waals surface area contributed by atoms with Gasteiger partial charge in [-0.15, -0.1) is 0 Å². The largest absolute Gasteiger partial charge is 0.493 e. The molecule has 0 saturated carbocycles. The molecule has 0 aliphatic carbocycles. The van der Waals surface area contributed by atoms with E-state index in [1.807, 2.05) is 19.0 Å². The van der Waals surface area contributed by atoms with E-state index in [0.717, 1.165) is 30.5 Å². The van der Waals surface area contributed by atoms with Crippen LogP contribution in [0.15, 0.2) is 12.1 Å². The van der Waals surface area contributed by atoms with Crippen molar-refractivity contribution < 1.29 is 26.7 Å². The van der Waals surface area contributed by atoms with Crippen molar-refractivity contribution in [2.75, 3.05) is 44.5 Å². The minimum atomic E-state index is -4.64. The summed E-state index contributed by atoms with van der Waals surface area (Å²) in [5, 5.41) is 10.8. The van der Waals surface area contributed by atoms with Crippen molar-refractivity contribution >= 4 is 23.4 Å². The number of alkyl halides is 3. The molecule has 0 aliphatic heterocycles. The summed E-state index contributed by atoms with van der Waals surface area (Å²) >= 11 is 6.15. The molecule has 1 aromatic carbocycles. The molecule has 0 bridgehead atoms. The number of nitrogens with one attached hydrogen (secondary N) is 1. The molecule has 0 amide bonds. The highest BCUT2D eigenvalue weighted by molar-refractivity contribution is 6.30. The lowest BCUT2D eigenvalue weighted by Crippen LogP contribution is -2.34. The molecule has 1 N–H and O–H groups in total. The topological polar surface area (TPSA) is 77.3 Å². The van der Waals surface area contributed by atoms with Gasteiger partial charge in [-0.2, -0.15) is 28.4 Å². The SMILES string of the molecule is C[C@H](Nc1nc(N(C)C#N)nc(Cl)c1Cc1c(F)cc(OCCCN(C)C)cc1F)C(F)(F)F. The zero-order chi connectivity index (χ0) is 25.6. The third-order valence-corrected chi connectivity index (χ3v) is 5.04. The molecule has 2 aromatic rings. The molecule has 0 radical (unpaired) electrons. The molecule has 2 rings (SSSR count). The number of ether oxygens (including phenoxy) is 1. The van der Waals surface area contributed by atoms with E-state index in [1.165, 1.54) is 7.05 Å². The Morgan fingerprint density at radius 1 is 1.15 bits per heavy atom. The fraction of sp³-hybridized carbons (Fsp3) is 0.476. The highest BCUT2D eigenvalue weighted by atomic mass is 35.5. The molecule has 7 nitrogen and oxygen atoms in total. The summed E-state index contributed by atoms with van der Waals surface area (Å²) in [6.07, 6.45) is -2.84. The van der Waals surface area contributed by atoms with Crippen molar-refractivity contribution in [2.45, 2.75) is 32.0 Å². The Hall–Kier alpha value is -2.91. The first-order valence-electron chi connectivity index (χ1n) is 10.1. The third kappa shape index (κ3) is 7.30. The van der Waals surface area contributed by atoms with Gasteiger partial charge in [0.15, 0.2) is 6.19 Å². The number of hydrogen-bond acceptors (Lipinski definition) is 7. The van der Waals surface area contributed by atoms with Crippen molar-refractivity contribution in [3.8, 4) is 11.9 Å². The van der Waals surface area contributed by atoms with Crippen LogP contribution in [0.3, 0.4) is 0 Å². The lowest BCUT2D eigenvalue weighted by molar-refractivity contribution is -0.138. The lowest BCUT2D eigenvalue weighted by atomic mass is 10.0. The first kappa shape index (κ1) is 27.3. The van der Waals surface area contributed by atoms with E-state index in [4.69, 9.17) is 21.6 Å². The van der Waals surface area contributed by atoms with Crippen LogP contribution in [0.1, 0.15) is 24.5 Å². The van der Waals surface area contributed by atoms with E-state index in [2.05, 4.69) is 15.3 Å². The zero-order valence-electron chi connectivity index (χ0n) is 19.0. The van der Waals surface area contributed by atoms with Crippen LogP contribution in [-0.4, -0.2) is 61.4 Å². The molecule has 0 aliphatic rings. The van der Waals surface area contributed by atoms with Crippen LogP contribution in [0.25, 0.3) is 0 Å². The molecule has 1 aromatic heterocycles. The number of nitriles is 1. The van der Waals surface area contributed by atoms with Crippen molar-refractivity contribution in [3.05, 3.63) is 40.0 Å².